The predicted octanol–water partition coefficient (Wildman–Crippen LogP) is 3.06. The highest BCUT2D eigenvalue weighted by Gasteiger charge is 2.36. The molecule has 5 nitrogen and oxygen atoms in total. The van der Waals surface area contributed by atoms with E-state index in [0.717, 1.165) is 37.8 Å². The van der Waals surface area contributed by atoms with Crippen molar-refractivity contribution in [3.05, 3.63) is 35.7 Å². The Morgan fingerprint density at radius 1 is 1.13 bits per heavy atom. The quantitative estimate of drug-likeness (QED) is 0.939. The van der Waals surface area contributed by atoms with E-state index in [-0.39, 0.29) is 0 Å². The van der Waals surface area contributed by atoms with Crippen LogP contribution in [0.5, 0.6) is 0 Å². The topological polar surface area (TPSA) is 68.2 Å². The summed E-state index contributed by atoms with van der Waals surface area (Å²) in [6.07, 6.45) is 6.80. The van der Waals surface area contributed by atoms with Gasteiger partial charge in [0.15, 0.2) is 5.82 Å². The summed E-state index contributed by atoms with van der Waals surface area (Å²) in [5.41, 5.74) is 8.31. The van der Waals surface area contributed by atoms with Gasteiger partial charge in [-0.1, -0.05) is 30.1 Å². The minimum Gasteiger partial charge on any atom is -0.334 e. The first kappa shape index (κ1) is 14.8. The number of likely N-dealkylation sites (tertiary alicyclic amines) is 1. The van der Waals surface area contributed by atoms with E-state index in [9.17, 15) is 0 Å². The van der Waals surface area contributed by atoms with Gasteiger partial charge < -0.3 is 10.3 Å². The molecule has 2 heterocycles. The lowest BCUT2D eigenvalue weighted by molar-refractivity contribution is 0.331. The second kappa shape index (κ2) is 6.06. The van der Waals surface area contributed by atoms with Gasteiger partial charge in [0.2, 0.25) is 0 Å². The van der Waals surface area contributed by atoms with Crippen molar-refractivity contribution in [3.8, 4) is 11.5 Å². The Kier molecular flexibility index (Phi) is 3.91. The van der Waals surface area contributed by atoms with Crippen molar-refractivity contribution in [2.45, 2.75) is 50.6 Å². The Morgan fingerprint density at radius 3 is 2.70 bits per heavy atom. The molecular weight excluding hydrogens is 288 g/mol. The minimum absolute atomic E-state index is 0.394. The molecule has 1 aliphatic carbocycles. The molecule has 5 heteroatoms. The van der Waals surface area contributed by atoms with Gasteiger partial charge in [0.1, 0.15) is 0 Å². The number of aromatic nitrogens is 2. The molecular formula is C18H24N4O. The number of hydrogen-bond acceptors (Lipinski definition) is 5. The largest absolute Gasteiger partial charge is 0.334 e. The Morgan fingerprint density at radius 2 is 1.91 bits per heavy atom. The Balaban J connectivity index is 1.54. The first-order valence-corrected chi connectivity index (χ1v) is 8.68. The maximum absolute atomic E-state index is 6.42. The van der Waals surface area contributed by atoms with E-state index >= 15 is 0 Å². The van der Waals surface area contributed by atoms with Crippen LogP contribution in [-0.4, -0.2) is 28.1 Å². The van der Waals surface area contributed by atoms with Crippen LogP contribution in [0.25, 0.3) is 11.5 Å². The molecule has 2 aromatic rings. The summed E-state index contributed by atoms with van der Waals surface area (Å²) in [6.45, 7) is 3.39. The minimum atomic E-state index is -0.394. The Bertz CT molecular complexity index is 669. The van der Waals surface area contributed by atoms with Crippen molar-refractivity contribution in [2.75, 3.05) is 13.1 Å². The molecule has 0 unspecified atom stereocenters. The van der Waals surface area contributed by atoms with Gasteiger partial charge in [0.05, 0.1) is 5.54 Å². The predicted molar refractivity (Wildman–Crippen MR) is 88.6 cm³/mol. The van der Waals surface area contributed by atoms with E-state index in [4.69, 9.17) is 10.3 Å². The molecule has 2 aliphatic rings. The van der Waals surface area contributed by atoms with Crippen molar-refractivity contribution in [1.82, 2.24) is 15.0 Å². The van der Waals surface area contributed by atoms with Crippen LogP contribution in [0.15, 0.2) is 28.8 Å². The van der Waals surface area contributed by atoms with E-state index in [1.165, 1.54) is 31.5 Å². The van der Waals surface area contributed by atoms with Crippen molar-refractivity contribution < 1.29 is 4.52 Å². The summed E-state index contributed by atoms with van der Waals surface area (Å²) in [5, 5.41) is 4.16. The van der Waals surface area contributed by atoms with Crippen molar-refractivity contribution in [1.29, 1.82) is 0 Å². The van der Waals surface area contributed by atoms with E-state index < -0.39 is 5.54 Å². The van der Waals surface area contributed by atoms with Crippen LogP contribution in [0.4, 0.5) is 0 Å². The van der Waals surface area contributed by atoms with Crippen LogP contribution in [0.3, 0.4) is 0 Å². The lowest BCUT2D eigenvalue weighted by Gasteiger charge is -2.17. The van der Waals surface area contributed by atoms with Gasteiger partial charge in [0, 0.05) is 12.1 Å². The summed E-state index contributed by atoms with van der Waals surface area (Å²) in [6, 6.07) is 8.43. The maximum atomic E-state index is 6.42. The maximum Gasteiger partial charge on any atom is 0.258 e. The fraction of sp³-hybridized carbons (Fsp3) is 0.556. The third-order valence-corrected chi connectivity index (χ3v) is 5.15. The molecule has 23 heavy (non-hydrogen) atoms. The second-order valence-electron chi connectivity index (χ2n) is 6.97. The van der Waals surface area contributed by atoms with Crippen LogP contribution >= 0.6 is 0 Å². The highest BCUT2D eigenvalue weighted by Crippen LogP contribution is 2.35. The van der Waals surface area contributed by atoms with Crippen LogP contribution in [0.1, 0.15) is 49.9 Å². The smallest absolute Gasteiger partial charge is 0.258 e. The molecule has 2 N–H and O–H groups in total. The van der Waals surface area contributed by atoms with E-state index in [2.05, 4.69) is 33.2 Å². The van der Waals surface area contributed by atoms with Crippen molar-refractivity contribution in [2.24, 2.45) is 5.73 Å². The van der Waals surface area contributed by atoms with E-state index in [0.29, 0.717) is 11.7 Å². The molecule has 2 fully saturated rings. The summed E-state index contributed by atoms with van der Waals surface area (Å²) < 4.78 is 5.50. The van der Waals surface area contributed by atoms with E-state index in [1.807, 2.05) is 6.07 Å². The summed E-state index contributed by atoms with van der Waals surface area (Å²) in [7, 11) is 0. The zero-order valence-corrected chi connectivity index (χ0v) is 13.5. The molecule has 4 rings (SSSR count). The molecule has 122 valence electrons. The lowest BCUT2D eigenvalue weighted by atomic mass is 9.98. The summed E-state index contributed by atoms with van der Waals surface area (Å²) in [4.78, 5) is 7.08. The molecule has 0 bridgehead atoms. The normalized spacial score (nSPS) is 21.1. The van der Waals surface area contributed by atoms with Crippen LogP contribution in [-0.2, 0) is 12.1 Å². The van der Waals surface area contributed by atoms with Gasteiger partial charge in [0.25, 0.3) is 5.89 Å². The summed E-state index contributed by atoms with van der Waals surface area (Å²) in [5.74, 6) is 1.25. The fourth-order valence-corrected chi connectivity index (χ4v) is 3.77. The third kappa shape index (κ3) is 3.03. The lowest BCUT2D eigenvalue weighted by Crippen LogP contribution is -2.34. The molecule has 0 amide bonds. The zero-order valence-electron chi connectivity index (χ0n) is 13.5. The van der Waals surface area contributed by atoms with Gasteiger partial charge in [-0.25, -0.2) is 0 Å². The number of rotatable bonds is 4. The monoisotopic (exact) mass is 312 g/mol. The standard InChI is InChI=1S/C18H24N4O/c19-18(8-1-2-9-18)17-20-16(23-21-17)15-7-5-6-14(12-15)13-22-10-3-4-11-22/h5-7,12H,1-4,8-11,13,19H2. The number of hydrogen-bond donors (Lipinski definition) is 1. The third-order valence-electron chi connectivity index (χ3n) is 5.15. The first-order valence-electron chi connectivity index (χ1n) is 8.68. The zero-order chi connectivity index (χ0) is 15.7. The molecule has 1 saturated heterocycles. The van der Waals surface area contributed by atoms with Crippen LogP contribution in [0, 0.1) is 0 Å². The molecule has 1 aromatic heterocycles. The number of nitrogens with two attached hydrogens (primary N) is 1. The Hall–Kier alpha value is -1.72. The summed E-state index contributed by atoms with van der Waals surface area (Å²) >= 11 is 0. The van der Waals surface area contributed by atoms with Gasteiger partial charge in [-0.2, -0.15) is 4.98 Å². The van der Waals surface area contributed by atoms with Gasteiger partial charge >= 0.3 is 0 Å². The second-order valence-corrected chi connectivity index (χ2v) is 6.97. The van der Waals surface area contributed by atoms with Crippen molar-refractivity contribution in [3.63, 3.8) is 0 Å². The number of nitrogens with zero attached hydrogens (tertiary/aromatic N) is 3. The molecule has 1 aromatic carbocycles. The highest BCUT2D eigenvalue weighted by atomic mass is 16.5. The van der Waals surface area contributed by atoms with Crippen LogP contribution in [0.2, 0.25) is 0 Å². The SMILES string of the molecule is NC1(c2noc(-c3cccc(CN4CCCC4)c3)n2)CCCC1. The molecule has 0 spiro atoms. The van der Waals surface area contributed by atoms with Gasteiger partial charge in [-0.3, -0.25) is 4.90 Å². The molecule has 1 saturated carbocycles. The molecule has 0 radical (unpaired) electrons. The fourth-order valence-electron chi connectivity index (χ4n) is 3.77. The molecule has 0 atom stereocenters. The van der Waals surface area contributed by atoms with E-state index in [1.54, 1.807) is 0 Å². The van der Waals surface area contributed by atoms with Crippen molar-refractivity contribution >= 4 is 0 Å². The first-order chi connectivity index (χ1) is 11.2. The molecule has 1 aliphatic heterocycles. The Labute approximate surface area is 136 Å². The highest BCUT2D eigenvalue weighted by molar-refractivity contribution is 5.54. The number of benzene rings is 1. The average Bonchev–Trinajstić information content (AvgIpc) is 3.29. The van der Waals surface area contributed by atoms with Gasteiger partial charge in [-0.05, 0) is 56.5 Å². The van der Waals surface area contributed by atoms with Gasteiger partial charge in [-0.15, -0.1) is 0 Å². The average molecular weight is 312 g/mol. The van der Waals surface area contributed by atoms with Crippen LogP contribution < -0.4 is 5.73 Å².